The normalized spacial score (nSPS) is 29.8. The van der Waals surface area contributed by atoms with Crippen molar-refractivity contribution >= 4 is 5.78 Å². The molecular formula is C8H8F3NO. The molecule has 13 heavy (non-hydrogen) atoms. The van der Waals surface area contributed by atoms with E-state index in [0.717, 1.165) is 0 Å². The van der Waals surface area contributed by atoms with Crippen molar-refractivity contribution in [2.45, 2.75) is 25.4 Å². The van der Waals surface area contributed by atoms with Gasteiger partial charge >= 0.3 is 6.18 Å². The third-order valence-corrected chi connectivity index (χ3v) is 2.16. The van der Waals surface area contributed by atoms with E-state index in [4.69, 9.17) is 5.26 Å². The van der Waals surface area contributed by atoms with E-state index in [1.54, 1.807) is 6.07 Å². The molecule has 1 fully saturated rings. The van der Waals surface area contributed by atoms with E-state index in [0.29, 0.717) is 0 Å². The predicted molar refractivity (Wildman–Crippen MR) is 37.5 cm³/mol. The van der Waals surface area contributed by atoms with Crippen LogP contribution in [0.3, 0.4) is 0 Å². The molecule has 1 saturated carbocycles. The molecule has 0 amide bonds. The highest BCUT2D eigenvalue weighted by molar-refractivity contribution is 5.80. The number of rotatable bonds is 0. The minimum absolute atomic E-state index is 0.0247. The Hall–Kier alpha value is -1.05. The number of hydrogen-bond donors (Lipinski definition) is 0. The Labute approximate surface area is 73.3 Å². The van der Waals surface area contributed by atoms with Crippen LogP contribution in [0.25, 0.3) is 0 Å². The molecule has 1 aliphatic carbocycles. The van der Waals surface area contributed by atoms with Crippen LogP contribution in [0, 0.1) is 23.2 Å². The van der Waals surface area contributed by atoms with Crippen molar-refractivity contribution in [1.29, 1.82) is 5.26 Å². The summed E-state index contributed by atoms with van der Waals surface area (Å²) in [5, 5.41) is 8.42. The molecule has 0 saturated heterocycles. The van der Waals surface area contributed by atoms with E-state index < -0.39 is 30.2 Å². The van der Waals surface area contributed by atoms with Gasteiger partial charge in [0.1, 0.15) is 5.78 Å². The number of halogens is 3. The van der Waals surface area contributed by atoms with Gasteiger partial charge in [0.25, 0.3) is 0 Å². The first-order valence-corrected chi connectivity index (χ1v) is 3.91. The summed E-state index contributed by atoms with van der Waals surface area (Å²) >= 11 is 0. The fourth-order valence-electron chi connectivity index (χ4n) is 1.49. The molecule has 0 aromatic heterocycles. The first-order valence-electron chi connectivity index (χ1n) is 3.91. The highest BCUT2D eigenvalue weighted by atomic mass is 19.4. The van der Waals surface area contributed by atoms with Crippen LogP contribution in [-0.4, -0.2) is 12.0 Å². The van der Waals surface area contributed by atoms with Crippen LogP contribution in [0.4, 0.5) is 13.2 Å². The van der Waals surface area contributed by atoms with E-state index in [1.807, 2.05) is 0 Å². The van der Waals surface area contributed by atoms with Gasteiger partial charge in [0.05, 0.1) is 17.9 Å². The van der Waals surface area contributed by atoms with Crippen molar-refractivity contribution in [3.63, 3.8) is 0 Å². The SMILES string of the molecule is N#C[C@H]1CC(=O)C[C@H](C(F)(F)F)C1. The average molecular weight is 191 g/mol. The Morgan fingerprint density at radius 2 is 2.00 bits per heavy atom. The molecule has 1 aliphatic rings. The highest BCUT2D eigenvalue weighted by Crippen LogP contribution is 2.38. The van der Waals surface area contributed by atoms with Gasteiger partial charge in [-0.05, 0) is 6.42 Å². The summed E-state index contributed by atoms with van der Waals surface area (Å²) in [5.41, 5.74) is 0. The Kier molecular flexibility index (Phi) is 2.60. The summed E-state index contributed by atoms with van der Waals surface area (Å²) in [6, 6.07) is 1.72. The van der Waals surface area contributed by atoms with Gasteiger partial charge in [-0.15, -0.1) is 0 Å². The molecule has 0 spiro atoms. The Morgan fingerprint density at radius 3 is 2.46 bits per heavy atom. The van der Waals surface area contributed by atoms with Gasteiger partial charge in [-0.25, -0.2) is 0 Å². The predicted octanol–water partition coefficient (Wildman–Crippen LogP) is 2.06. The first kappa shape index (κ1) is 10.0. The molecule has 0 bridgehead atoms. The molecule has 1 rings (SSSR count). The Bertz CT molecular complexity index is 253. The maximum absolute atomic E-state index is 12.2. The molecule has 0 aromatic carbocycles. The lowest BCUT2D eigenvalue weighted by Crippen LogP contribution is -2.32. The van der Waals surface area contributed by atoms with E-state index in [1.165, 1.54) is 0 Å². The van der Waals surface area contributed by atoms with Crippen LogP contribution < -0.4 is 0 Å². The largest absolute Gasteiger partial charge is 0.392 e. The summed E-state index contributed by atoms with van der Waals surface area (Å²) in [6.07, 6.45) is -5.05. The molecule has 0 unspecified atom stereocenters. The number of alkyl halides is 3. The average Bonchev–Trinajstić information content (AvgIpc) is 2.01. The summed E-state index contributed by atoms with van der Waals surface area (Å²) in [4.78, 5) is 10.8. The van der Waals surface area contributed by atoms with Gasteiger partial charge in [-0.2, -0.15) is 18.4 Å². The smallest absolute Gasteiger partial charge is 0.300 e. The summed E-state index contributed by atoms with van der Waals surface area (Å²) in [6.45, 7) is 0. The maximum atomic E-state index is 12.2. The fourth-order valence-corrected chi connectivity index (χ4v) is 1.49. The summed E-state index contributed by atoms with van der Waals surface area (Å²) in [5.74, 6) is -2.83. The molecule has 0 radical (unpaired) electrons. The molecule has 2 atom stereocenters. The second kappa shape index (κ2) is 3.36. The lowest BCUT2D eigenvalue weighted by Gasteiger charge is -2.25. The van der Waals surface area contributed by atoms with Gasteiger partial charge in [-0.3, -0.25) is 4.79 Å². The third-order valence-electron chi connectivity index (χ3n) is 2.16. The summed E-state index contributed by atoms with van der Waals surface area (Å²) < 4.78 is 36.5. The lowest BCUT2D eigenvalue weighted by atomic mass is 9.81. The number of Topliss-reactive ketones (excluding diaryl/α,β-unsaturated/α-hetero) is 1. The van der Waals surface area contributed by atoms with Gasteiger partial charge < -0.3 is 0 Å². The molecular weight excluding hydrogens is 183 g/mol. The van der Waals surface area contributed by atoms with Crippen LogP contribution in [0.2, 0.25) is 0 Å². The van der Waals surface area contributed by atoms with Crippen LogP contribution in [0.5, 0.6) is 0 Å². The molecule has 0 N–H and O–H groups in total. The zero-order chi connectivity index (χ0) is 10.1. The van der Waals surface area contributed by atoms with Gasteiger partial charge in [0.2, 0.25) is 0 Å². The van der Waals surface area contributed by atoms with Crippen molar-refractivity contribution in [2.75, 3.05) is 0 Å². The first-order chi connectivity index (χ1) is 5.93. The zero-order valence-corrected chi connectivity index (χ0v) is 6.77. The van der Waals surface area contributed by atoms with Gasteiger partial charge in [-0.1, -0.05) is 0 Å². The van der Waals surface area contributed by atoms with Crippen molar-refractivity contribution < 1.29 is 18.0 Å². The second-order valence-electron chi connectivity index (χ2n) is 3.25. The molecule has 2 nitrogen and oxygen atoms in total. The van der Waals surface area contributed by atoms with E-state index >= 15 is 0 Å². The van der Waals surface area contributed by atoms with Gasteiger partial charge in [0.15, 0.2) is 0 Å². The van der Waals surface area contributed by atoms with Crippen LogP contribution in [-0.2, 0) is 4.79 Å². The summed E-state index contributed by atoms with van der Waals surface area (Å²) in [7, 11) is 0. The van der Waals surface area contributed by atoms with Gasteiger partial charge in [0, 0.05) is 12.8 Å². The molecule has 72 valence electrons. The fraction of sp³-hybridized carbons (Fsp3) is 0.750. The number of carbonyl (C=O) groups is 1. The molecule has 5 heteroatoms. The standard InChI is InChI=1S/C8H8F3NO/c9-8(10,11)6-1-5(4-12)2-7(13)3-6/h5-6H,1-3H2/t5-,6-/m1/s1. The van der Waals surface area contributed by atoms with Crippen LogP contribution in [0.15, 0.2) is 0 Å². The monoisotopic (exact) mass is 191 g/mol. The number of nitriles is 1. The van der Waals surface area contributed by atoms with E-state index in [-0.39, 0.29) is 12.8 Å². The van der Waals surface area contributed by atoms with Crippen molar-refractivity contribution in [2.24, 2.45) is 11.8 Å². The number of nitrogens with zero attached hydrogens (tertiary/aromatic N) is 1. The third kappa shape index (κ3) is 2.44. The van der Waals surface area contributed by atoms with E-state index in [2.05, 4.69) is 0 Å². The minimum atomic E-state index is -4.34. The number of hydrogen-bond acceptors (Lipinski definition) is 2. The topological polar surface area (TPSA) is 40.9 Å². The second-order valence-corrected chi connectivity index (χ2v) is 3.25. The van der Waals surface area contributed by atoms with Crippen LogP contribution >= 0.6 is 0 Å². The van der Waals surface area contributed by atoms with E-state index in [9.17, 15) is 18.0 Å². The number of ketones is 1. The zero-order valence-electron chi connectivity index (χ0n) is 6.77. The quantitative estimate of drug-likeness (QED) is 0.588. The highest BCUT2D eigenvalue weighted by Gasteiger charge is 2.44. The van der Waals surface area contributed by atoms with Crippen molar-refractivity contribution in [3.8, 4) is 6.07 Å². The molecule has 0 aliphatic heterocycles. The molecule has 0 heterocycles. The molecule has 0 aromatic rings. The number of carbonyl (C=O) groups excluding carboxylic acids is 1. The van der Waals surface area contributed by atoms with Crippen LogP contribution in [0.1, 0.15) is 19.3 Å². The van der Waals surface area contributed by atoms with Crippen molar-refractivity contribution in [1.82, 2.24) is 0 Å². The lowest BCUT2D eigenvalue weighted by molar-refractivity contribution is -0.185. The Morgan fingerprint density at radius 1 is 1.38 bits per heavy atom. The maximum Gasteiger partial charge on any atom is 0.392 e. The Balaban J connectivity index is 2.69. The minimum Gasteiger partial charge on any atom is -0.300 e. The van der Waals surface area contributed by atoms with Crippen molar-refractivity contribution in [3.05, 3.63) is 0 Å².